The van der Waals surface area contributed by atoms with Gasteiger partial charge in [0.25, 0.3) is 0 Å². The van der Waals surface area contributed by atoms with E-state index in [2.05, 4.69) is 9.88 Å². The first-order valence-electron chi connectivity index (χ1n) is 6.00. The number of aromatic nitrogens is 1. The molecule has 2 aromatic rings. The first-order valence-corrected chi connectivity index (χ1v) is 7.63. The number of nitrogens with zero attached hydrogens (tertiary/aromatic N) is 2. The van der Waals surface area contributed by atoms with Crippen LogP contribution >= 0.6 is 34.5 Å². The summed E-state index contributed by atoms with van der Waals surface area (Å²) in [6, 6.07) is 3.81. The van der Waals surface area contributed by atoms with Gasteiger partial charge in [-0.25, -0.2) is 4.98 Å². The predicted molar refractivity (Wildman–Crippen MR) is 79.6 cm³/mol. The van der Waals surface area contributed by atoms with Crippen LogP contribution in [0.3, 0.4) is 0 Å². The van der Waals surface area contributed by atoms with E-state index in [0.717, 1.165) is 39.3 Å². The standard InChI is InChI=1S/C13H13Cl2N3S/c14-9-1-2-10(15)13-8(9)6-18(11(13)5-16)7-12-17-3-4-19-12/h1-4,11H,5-7,16H2. The third kappa shape index (κ3) is 2.39. The molecule has 3 rings (SSSR count). The number of nitrogens with two attached hydrogens (primary N) is 1. The molecular formula is C13H13Cl2N3S. The van der Waals surface area contributed by atoms with Crippen molar-refractivity contribution in [2.75, 3.05) is 6.54 Å². The molecule has 2 heterocycles. The lowest BCUT2D eigenvalue weighted by Gasteiger charge is -2.22. The molecule has 0 saturated carbocycles. The van der Waals surface area contributed by atoms with E-state index >= 15 is 0 Å². The first-order chi connectivity index (χ1) is 9.20. The lowest BCUT2D eigenvalue weighted by molar-refractivity contribution is 0.211. The quantitative estimate of drug-likeness (QED) is 0.943. The molecular weight excluding hydrogens is 301 g/mol. The van der Waals surface area contributed by atoms with Crippen molar-refractivity contribution in [1.29, 1.82) is 0 Å². The Kier molecular flexibility index (Phi) is 3.78. The fraction of sp³-hybridized carbons (Fsp3) is 0.308. The van der Waals surface area contributed by atoms with E-state index in [0.29, 0.717) is 6.54 Å². The zero-order chi connectivity index (χ0) is 13.4. The molecule has 0 amide bonds. The van der Waals surface area contributed by atoms with Crippen molar-refractivity contribution in [2.24, 2.45) is 5.73 Å². The molecule has 1 atom stereocenters. The summed E-state index contributed by atoms with van der Waals surface area (Å²) in [7, 11) is 0. The molecule has 0 saturated heterocycles. The van der Waals surface area contributed by atoms with Crippen LogP contribution in [0.25, 0.3) is 0 Å². The monoisotopic (exact) mass is 313 g/mol. The highest BCUT2D eigenvalue weighted by atomic mass is 35.5. The van der Waals surface area contributed by atoms with E-state index in [9.17, 15) is 0 Å². The molecule has 1 unspecified atom stereocenters. The van der Waals surface area contributed by atoms with Gasteiger partial charge in [-0.3, -0.25) is 4.90 Å². The topological polar surface area (TPSA) is 42.1 Å². The van der Waals surface area contributed by atoms with Crippen molar-refractivity contribution in [3.63, 3.8) is 0 Å². The molecule has 1 aromatic heterocycles. The van der Waals surface area contributed by atoms with Gasteiger partial charge in [-0.05, 0) is 23.3 Å². The Balaban J connectivity index is 1.94. The molecule has 100 valence electrons. The van der Waals surface area contributed by atoms with Crippen molar-refractivity contribution in [1.82, 2.24) is 9.88 Å². The minimum absolute atomic E-state index is 0.116. The second-order valence-corrected chi connectivity index (χ2v) is 6.30. The summed E-state index contributed by atoms with van der Waals surface area (Å²) >= 11 is 14.2. The Bertz CT molecular complexity index is 586. The average molecular weight is 314 g/mol. The molecule has 0 fully saturated rings. The van der Waals surface area contributed by atoms with Crippen LogP contribution in [0, 0.1) is 0 Å². The fourth-order valence-corrected chi connectivity index (χ4v) is 3.73. The van der Waals surface area contributed by atoms with E-state index in [4.69, 9.17) is 28.9 Å². The van der Waals surface area contributed by atoms with Gasteiger partial charge in [0.1, 0.15) is 5.01 Å². The van der Waals surface area contributed by atoms with Crippen molar-refractivity contribution in [3.8, 4) is 0 Å². The number of halogens is 2. The maximum absolute atomic E-state index is 6.31. The van der Waals surface area contributed by atoms with E-state index in [1.807, 2.05) is 23.7 Å². The van der Waals surface area contributed by atoms with Crippen LogP contribution in [-0.4, -0.2) is 16.4 Å². The van der Waals surface area contributed by atoms with Crippen LogP contribution in [0.15, 0.2) is 23.7 Å². The maximum Gasteiger partial charge on any atom is 0.107 e. The summed E-state index contributed by atoms with van der Waals surface area (Å²) < 4.78 is 0. The van der Waals surface area contributed by atoms with E-state index in [1.165, 1.54) is 0 Å². The molecule has 1 aromatic carbocycles. The van der Waals surface area contributed by atoms with Gasteiger partial charge in [0, 0.05) is 40.8 Å². The van der Waals surface area contributed by atoms with Gasteiger partial charge in [-0.2, -0.15) is 0 Å². The highest BCUT2D eigenvalue weighted by Crippen LogP contribution is 2.41. The molecule has 0 bridgehead atoms. The smallest absolute Gasteiger partial charge is 0.107 e. The molecule has 0 aliphatic carbocycles. The second kappa shape index (κ2) is 5.38. The van der Waals surface area contributed by atoms with Crippen LogP contribution in [0.1, 0.15) is 22.2 Å². The van der Waals surface area contributed by atoms with Gasteiger partial charge in [0.05, 0.1) is 6.54 Å². The van der Waals surface area contributed by atoms with Gasteiger partial charge < -0.3 is 5.73 Å². The minimum Gasteiger partial charge on any atom is -0.329 e. The number of hydrogen-bond acceptors (Lipinski definition) is 4. The second-order valence-electron chi connectivity index (χ2n) is 4.50. The van der Waals surface area contributed by atoms with Gasteiger partial charge in [0.15, 0.2) is 0 Å². The third-order valence-electron chi connectivity index (χ3n) is 3.43. The highest BCUT2D eigenvalue weighted by Gasteiger charge is 2.33. The number of rotatable bonds is 3. The third-order valence-corrected chi connectivity index (χ3v) is 4.88. The summed E-state index contributed by atoms with van der Waals surface area (Å²) in [6.07, 6.45) is 1.82. The summed E-state index contributed by atoms with van der Waals surface area (Å²) in [5.74, 6) is 0. The fourth-order valence-electron chi connectivity index (χ4n) is 2.56. The SMILES string of the molecule is NCC1c2c(Cl)ccc(Cl)c2CN1Cc1nccs1. The zero-order valence-electron chi connectivity index (χ0n) is 10.1. The number of benzene rings is 1. The normalized spacial score (nSPS) is 18.8. The van der Waals surface area contributed by atoms with Crippen LogP contribution < -0.4 is 5.73 Å². The van der Waals surface area contributed by atoms with Gasteiger partial charge in [-0.15, -0.1) is 11.3 Å². The molecule has 1 aliphatic rings. The predicted octanol–water partition coefficient (Wildman–Crippen LogP) is 3.47. The highest BCUT2D eigenvalue weighted by molar-refractivity contribution is 7.09. The molecule has 0 spiro atoms. The van der Waals surface area contributed by atoms with Crippen LogP contribution in [0.2, 0.25) is 10.0 Å². The zero-order valence-corrected chi connectivity index (χ0v) is 12.5. The molecule has 1 aliphatic heterocycles. The Morgan fingerprint density at radius 3 is 2.84 bits per heavy atom. The molecule has 6 heteroatoms. The first kappa shape index (κ1) is 13.3. The summed E-state index contributed by atoms with van der Waals surface area (Å²) in [4.78, 5) is 6.61. The van der Waals surface area contributed by atoms with E-state index in [1.54, 1.807) is 11.3 Å². The van der Waals surface area contributed by atoms with Gasteiger partial charge in [-0.1, -0.05) is 23.2 Å². The average Bonchev–Trinajstić information content (AvgIpc) is 3.02. The minimum atomic E-state index is 0.116. The van der Waals surface area contributed by atoms with E-state index in [-0.39, 0.29) is 6.04 Å². The molecule has 19 heavy (non-hydrogen) atoms. The van der Waals surface area contributed by atoms with Gasteiger partial charge in [0.2, 0.25) is 0 Å². The van der Waals surface area contributed by atoms with Crippen molar-refractivity contribution in [3.05, 3.63) is 49.9 Å². The van der Waals surface area contributed by atoms with Crippen LogP contribution in [0.4, 0.5) is 0 Å². The Morgan fingerprint density at radius 1 is 1.37 bits per heavy atom. The Hall–Kier alpha value is -0.650. The number of thiazole rings is 1. The lowest BCUT2D eigenvalue weighted by atomic mass is 10.0. The lowest BCUT2D eigenvalue weighted by Crippen LogP contribution is -2.27. The summed E-state index contributed by atoms with van der Waals surface area (Å²) in [5.41, 5.74) is 8.10. The summed E-state index contributed by atoms with van der Waals surface area (Å²) in [6.45, 7) is 2.08. The number of fused-ring (bicyclic) bond motifs is 1. The summed E-state index contributed by atoms with van der Waals surface area (Å²) in [5, 5.41) is 4.57. The number of hydrogen-bond donors (Lipinski definition) is 1. The molecule has 0 radical (unpaired) electrons. The van der Waals surface area contributed by atoms with Crippen molar-refractivity contribution in [2.45, 2.75) is 19.1 Å². The van der Waals surface area contributed by atoms with Crippen molar-refractivity contribution >= 4 is 34.5 Å². The molecule has 2 N–H and O–H groups in total. The largest absolute Gasteiger partial charge is 0.329 e. The maximum atomic E-state index is 6.31. The van der Waals surface area contributed by atoms with Gasteiger partial charge >= 0.3 is 0 Å². The van der Waals surface area contributed by atoms with E-state index < -0.39 is 0 Å². The van der Waals surface area contributed by atoms with Crippen LogP contribution in [0.5, 0.6) is 0 Å². The Morgan fingerprint density at radius 2 is 2.16 bits per heavy atom. The molecule has 3 nitrogen and oxygen atoms in total. The Labute approximate surface area is 126 Å². The van der Waals surface area contributed by atoms with Crippen LogP contribution in [-0.2, 0) is 13.1 Å². The van der Waals surface area contributed by atoms with Crippen molar-refractivity contribution < 1.29 is 0 Å².